The fourth-order valence-electron chi connectivity index (χ4n) is 2.49. The van der Waals surface area contributed by atoms with Crippen LogP contribution in [0.4, 0.5) is 23.2 Å². The number of halogens is 4. The Kier molecular flexibility index (Phi) is 5.43. The fourth-order valence-corrected chi connectivity index (χ4v) is 2.49. The van der Waals surface area contributed by atoms with Crippen molar-refractivity contribution in [1.29, 1.82) is 0 Å². The van der Waals surface area contributed by atoms with E-state index >= 15 is 0 Å². The predicted octanol–water partition coefficient (Wildman–Crippen LogP) is 2.20. The molecular formula is C15H16F4N2O3. The van der Waals surface area contributed by atoms with Crippen molar-refractivity contribution in [3.05, 3.63) is 29.6 Å². The Morgan fingerprint density at radius 2 is 1.79 bits per heavy atom. The maximum absolute atomic E-state index is 13.5. The molecular weight excluding hydrogens is 332 g/mol. The van der Waals surface area contributed by atoms with Crippen LogP contribution < -0.4 is 10.6 Å². The Morgan fingerprint density at radius 3 is 2.42 bits per heavy atom. The van der Waals surface area contributed by atoms with Gasteiger partial charge in [-0.2, -0.15) is 13.2 Å². The van der Waals surface area contributed by atoms with Crippen LogP contribution in [-0.2, 0) is 15.8 Å². The third-order valence-corrected chi connectivity index (χ3v) is 3.79. The second-order valence-corrected chi connectivity index (χ2v) is 5.58. The second kappa shape index (κ2) is 7.16. The SMILES string of the molecule is O=C(Nc1cc(C(F)(F)F)ccc1F)C(=O)NC1CCCCC1O. The summed E-state index contributed by atoms with van der Waals surface area (Å²) in [6.07, 6.45) is -2.96. The van der Waals surface area contributed by atoms with E-state index in [1.807, 2.05) is 5.32 Å². The summed E-state index contributed by atoms with van der Waals surface area (Å²) in [5, 5.41) is 13.9. The molecule has 1 saturated carbocycles. The third-order valence-electron chi connectivity index (χ3n) is 3.79. The Morgan fingerprint density at radius 1 is 1.12 bits per heavy atom. The zero-order chi connectivity index (χ0) is 17.9. The molecule has 1 aromatic rings. The fraction of sp³-hybridized carbons (Fsp3) is 0.467. The molecule has 0 aromatic heterocycles. The summed E-state index contributed by atoms with van der Waals surface area (Å²) in [7, 11) is 0. The quantitative estimate of drug-likeness (QED) is 0.566. The standard InChI is InChI=1S/C15H16F4N2O3/c16-9-6-5-8(15(17,18)19)7-11(9)21-14(24)13(23)20-10-3-1-2-4-12(10)22/h5-7,10,12,22H,1-4H2,(H,20,23)(H,21,24). The molecule has 1 aliphatic carbocycles. The number of aliphatic hydroxyl groups excluding tert-OH is 1. The molecule has 0 aliphatic heterocycles. The van der Waals surface area contributed by atoms with Crippen LogP contribution in [0.25, 0.3) is 0 Å². The summed E-state index contributed by atoms with van der Waals surface area (Å²) in [4.78, 5) is 23.5. The van der Waals surface area contributed by atoms with Crippen LogP contribution in [-0.4, -0.2) is 29.1 Å². The molecule has 0 spiro atoms. The Bertz CT molecular complexity index is 634. The Labute approximate surface area is 135 Å². The van der Waals surface area contributed by atoms with Gasteiger partial charge < -0.3 is 15.7 Å². The van der Waals surface area contributed by atoms with Gasteiger partial charge in [0.25, 0.3) is 0 Å². The lowest BCUT2D eigenvalue weighted by molar-refractivity contribution is -0.137. The van der Waals surface area contributed by atoms with Gasteiger partial charge in [0.2, 0.25) is 0 Å². The van der Waals surface area contributed by atoms with Crippen molar-refractivity contribution in [3.8, 4) is 0 Å². The van der Waals surface area contributed by atoms with Crippen LogP contribution in [0.15, 0.2) is 18.2 Å². The smallest absolute Gasteiger partial charge is 0.391 e. The minimum absolute atomic E-state index is 0.413. The lowest BCUT2D eigenvalue weighted by Gasteiger charge is -2.28. The highest BCUT2D eigenvalue weighted by Gasteiger charge is 2.32. The molecule has 9 heteroatoms. The molecule has 0 heterocycles. The number of amides is 2. The van der Waals surface area contributed by atoms with Crippen molar-refractivity contribution in [2.45, 2.75) is 44.0 Å². The lowest BCUT2D eigenvalue weighted by atomic mass is 9.92. The highest BCUT2D eigenvalue weighted by atomic mass is 19.4. The van der Waals surface area contributed by atoms with E-state index in [-0.39, 0.29) is 0 Å². The number of benzene rings is 1. The van der Waals surface area contributed by atoms with Crippen LogP contribution >= 0.6 is 0 Å². The van der Waals surface area contributed by atoms with E-state index in [0.29, 0.717) is 31.0 Å². The van der Waals surface area contributed by atoms with Crippen molar-refractivity contribution in [3.63, 3.8) is 0 Å². The van der Waals surface area contributed by atoms with Gasteiger partial charge in [-0.15, -0.1) is 0 Å². The number of hydrogen-bond acceptors (Lipinski definition) is 3. The summed E-state index contributed by atoms with van der Waals surface area (Å²) in [5.41, 5.74) is -1.89. The number of rotatable bonds is 2. The average molecular weight is 348 g/mol. The van der Waals surface area contributed by atoms with E-state index < -0.39 is 47.2 Å². The molecule has 3 N–H and O–H groups in total. The second-order valence-electron chi connectivity index (χ2n) is 5.58. The highest BCUT2D eigenvalue weighted by molar-refractivity contribution is 6.39. The summed E-state index contributed by atoms with van der Waals surface area (Å²) >= 11 is 0. The molecule has 132 valence electrons. The first-order valence-corrected chi connectivity index (χ1v) is 7.35. The van der Waals surface area contributed by atoms with Gasteiger partial charge >= 0.3 is 18.0 Å². The van der Waals surface area contributed by atoms with Gasteiger partial charge in [-0.3, -0.25) is 9.59 Å². The van der Waals surface area contributed by atoms with Crippen molar-refractivity contribution < 1.29 is 32.3 Å². The summed E-state index contributed by atoms with van der Waals surface area (Å²) in [6, 6.07) is 0.893. The summed E-state index contributed by atoms with van der Waals surface area (Å²) < 4.78 is 51.4. The number of hydrogen-bond donors (Lipinski definition) is 3. The van der Waals surface area contributed by atoms with E-state index in [2.05, 4.69) is 5.32 Å². The monoisotopic (exact) mass is 348 g/mol. The normalized spacial score (nSPS) is 21.2. The van der Waals surface area contributed by atoms with Crippen LogP contribution in [0.3, 0.4) is 0 Å². The first-order valence-electron chi connectivity index (χ1n) is 7.35. The van der Waals surface area contributed by atoms with E-state index in [4.69, 9.17) is 0 Å². The number of nitrogens with one attached hydrogen (secondary N) is 2. The summed E-state index contributed by atoms with van der Waals surface area (Å²) in [5.74, 6) is -3.54. The van der Waals surface area contributed by atoms with Crippen molar-refractivity contribution in [1.82, 2.24) is 5.32 Å². The molecule has 2 rings (SSSR count). The molecule has 2 unspecified atom stereocenters. The van der Waals surface area contributed by atoms with E-state index in [0.717, 1.165) is 12.8 Å². The minimum atomic E-state index is -4.71. The maximum atomic E-state index is 13.5. The van der Waals surface area contributed by atoms with Gasteiger partial charge in [0, 0.05) is 0 Å². The maximum Gasteiger partial charge on any atom is 0.416 e. The molecule has 2 atom stereocenters. The predicted molar refractivity (Wildman–Crippen MR) is 76.4 cm³/mol. The largest absolute Gasteiger partial charge is 0.416 e. The molecule has 1 aromatic carbocycles. The Balaban J connectivity index is 2.04. The van der Waals surface area contributed by atoms with Gasteiger partial charge in [0.1, 0.15) is 5.82 Å². The van der Waals surface area contributed by atoms with Crippen LogP contribution in [0.5, 0.6) is 0 Å². The lowest BCUT2D eigenvalue weighted by Crippen LogP contribution is -2.48. The number of carbonyl (C=O) groups is 2. The number of anilines is 1. The molecule has 0 saturated heterocycles. The molecule has 1 fully saturated rings. The van der Waals surface area contributed by atoms with Crippen molar-refractivity contribution in [2.24, 2.45) is 0 Å². The average Bonchev–Trinajstić information content (AvgIpc) is 2.50. The highest BCUT2D eigenvalue weighted by Crippen LogP contribution is 2.31. The molecule has 24 heavy (non-hydrogen) atoms. The van der Waals surface area contributed by atoms with Gasteiger partial charge in [0.15, 0.2) is 0 Å². The minimum Gasteiger partial charge on any atom is -0.391 e. The number of carbonyl (C=O) groups excluding carboxylic acids is 2. The molecule has 0 bridgehead atoms. The number of alkyl halides is 3. The van der Waals surface area contributed by atoms with E-state index in [9.17, 15) is 32.3 Å². The molecule has 0 radical (unpaired) electrons. The van der Waals surface area contributed by atoms with Gasteiger partial charge in [-0.1, -0.05) is 12.8 Å². The summed E-state index contributed by atoms with van der Waals surface area (Å²) in [6.45, 7) is 0. The van der Waals surface area contributed by atoms with Crippen molar-refractivity contribution >= 4 is 17.5 Å². The topological polar surface area (TPSA) is 78.4 Å². The molecule has 1 aliphatic rings. The molecule has 5 nitrogen and oxygen atoms in total. The first kappa shape index (κ1) is 18.2. The van der Waals surface area contributed by atoms with Crippen molar-refractivity contribution in [2.75, 3.05) is 5.32 Å². The van der Waals surface area contributed by atoms with E-state index in [1.54, 1.807) is 0 Å². The zero-order valence-corrected chi connectivity index (χ0v) is 12.5. The number of aliphatic hydroxyl groups is 1. The molecule has 2 amide bonds. The van der Waals surface area contributed by atoms with Crippen LogP contribution in [0, 0.1) is 5.82 Å². The first-order chi connectivity index (χ1) is 11.2. The van der Waals surface area contributed by atoms with Gasteiger partial charge in [-0.25, -0.2) is 4.39 Å². The zero-order valence-electron chi connectivity index (χ0n) is 12.5. The van der Waals surface area contributed by atoms with Gasteiger partial charge in [0.05, 0.1) is 23.4 Å². The van der Waals surface area contributed by atoms with E-state index in [1.165, 1.54) is 0 Å². The van der Waals surface area contributed by atoms with Crippen LogP contribution in [0.2, 0.25) is 0 Å². The van der Waals surface area contributed by atoms with Crippen LogP contribution in [0.1, 0.15) is 31.2 Å². The Hall–Kier alpha value is -2.16. The van der Waals surface area contributed by atoms with Gasteiger partial charge in [-0.05, 0) is 31.0 Å². The third kappa shape index (κ3) is 4.44.